The van der Waals surface area contributed by atoms with E-state index in [0.717, 1.165) is 24.3 Å². The van der Waals surface area contributed by atoms with Crippen molar-refractivity contribution in [2.75, 3.05) is 6.54 Å². The van der Waals surface area contributed by atoms with Gasteiger partial charge in [-0.05, 0) is 77.4 Å². The van der Waals surface area contributed by atoms with Crippen LogP contribution < -0.4 is 5.73 Å². The average molecular weight is 344 g/mol. The van der Waals surface area contributed by atoms with E-state index in [0.29, 0.717) is 5.41 Å². The summed E-state index contributed by atoms with van der Waals surface area (Å²) in [7, 11) is 0. The third-order valence-electron chi connectivity index (χ3n) is 4.75. The molecule has 1 aromatic heterocycles. The standard InChI is InChI=1S/C16H26BrNS/c1-16(2,3)13-5-4-11(9-18)12(6-13)7-15-8-14(17)10-19-15/h8,10-13H,4-7,9,18H2,1-3H3. The van der Waals surface area contributed by atoms with Crippen LogP contribution in [0.4, 0.5) is 0 Å². The van der Waals surface area contributed by atoms with Gasteiger partial charge in [0.1, 0.15) is 0 Å². The first-order valence-electron chi connectivity index (χ1n) is 7.33. The van der Waals surface area contributed by atoms with Crippen LogP contribution in [-0.4, -0.2) is 6.54 Å². The lowest BCUT2D eigenvalue weighted by molar-refractivity contribution is 0.101. The van der Waals surface area contributed by atoms with Crippen molar-refractivity contribution in [3.8, 4) is 0 Å². The lowest BCUT2D eigenvalue weighted by Gasteiger charge is -2.41. The molecule has 1 aromatic rings. The number of nitrogens with two attached hydrogens (primary N) is 1. The summed E-state index contributed by atoms with van der Waals surface area (Å²) in [6.07, 6.45) is 5.23. The maximum absolute atomic E-state index is 6.00. The summed E-state index contributed by atoms with van der Waals surface area (Å²) in [5, 5.41) is 2.19. The predicted molar refractivity (Wildman–Crippen MR) is 88.6 cm³/mol. The van der Waals surface area contributed by atoms with E-state index >= 15 is 0 Å². The SMILES string of the molecule is CC(C)(C)C1CCC(CN)C(Cc2cc(Br)cs2)C1. The monoisotopic (exact) mass is 343 g/mol. The van der Waals surface area contributed by atoms with Gasteiger partial charge in [0.25, 0.3) is 0 Å². The third-order valence-corrected chi connectivity index (χ3v) is 6.47. The molecule has 1 nitrogen and oxygen atoms in total. The topological polar surface area (TPSA) is 26.0 Å². The van der Waals surface area contributed by atoms with Crippen molar-refractivity contribution < 1.29 is 0 Å². The lowest BCUT2D eigenvalue weighted by atomic mass is 9.65. The maximum Gasteiger partial charge on any atom is 0.0285 e. The molecule has 2 rings (SSSR count). The van der Waals surface area contributed by atoms with Crippen LogP contribution in [0.2, 0.25) is 0 Å². The minimum Gasteiger partial charge on any atom is -0.330 e. The minimum atomic E-state index is 0.438. The van der Waals surface area contributed by atoms with Crippen LogP contribution in [0.3, 0.4) is 0 Å². The molecule has 0 saturated heterocycles. The Kier molecular flexibility index (Phi) is 5.13. The van der Waals surface area contributed by atoms with Gasteiger partial charge in [0.15, 0.2) is 0 Å². The van der Waals surface area contributed by atoms with Crippen LogP contribution in [0.1, 0.15) is 44.9 Å². The maximum atomic E-state index is 6.00. The van der Waals surface area contributed by atoms with Crippen LogP contribution in [0.15, 0.2) is 15.9 Å². The Hall–Kier alpha value is 0.140. The van der Waals surface area contributed by atoms with Gasteiger partial charge in [0.2, 0.25) is 0 Å². The first-order valence-corrected chi connectivity index (χ1v) is 9.00. The zero-order valence-corrected chi connectivity index (χ0v) is 14.7. The molecule has 0 radical (unpaired) electrons. The molecule has 0 aromatic carbocycles. The van der Waals surface area contributed by atoms with E-state index in [2.05, 4.69) is 48.1 Å². The summed E-state index contributed by atoms with van der Waals surface area (Å²) >= 11 is 5.44. The molecule has 3 heteroatoms. The van der Waals surface area contributed by atoms with Crippen LogP contribution in [0.25, 0.3) is 0 Å². The van der Waals surface area contributed by atoms with Crippen LogP contribution in [-0.2, 0) is 6.42 Å². The van der Waals surface area contributed by atoms with Gasteiger partial charge in [-0.1, -0.05) is 20.8 Å². The normalized spacial score (nSPS) is 28.6. The lowest BCUT2D eigenvalue weighted by Crippen LogP contribution is -2.35. The second kappa shape index (κ2) is 6.28. The van der Waals surface area contributed by atoms with Gasteiger partial charge in [0, 0.05) is 14.7 Å². The molecule has 0 aliphatic heterocycles. The molecule has 0 amide bonds. The molecular weight excluding hydrogens is 318 g/mol. The molecule has 19 heavy (non-hydrogen) atoms. The fourth-order valence-corrected chi connectivity index (χ4v) is 4.94. The molecule has 3 unspecified atom stereocenters. The predicted octanol–water partition coefficient (Wildman–Crippen LogP) is 5.09. The summed E-state index contributed by atoms with van der Waals surface area (Å²) in [4.78, 5) is 1.50. The first kappa shape index (κ1) is 15.5. The van der Waals surface area contributed by atoms with E-state index in [9.17, 15) is 0 Å². The minimum absolute atomic E-state index is 0.438. The number of hydrogen-bond acceptors (Lipinski definition) is 2. The van der Waals surface area contributed by atoms with Gasteiger partial charge in [-0.15, -0.1) is 11.3 Å². The number of halogens is 1. The Bertz CT molecular complexity index is 407. The highest BCUT2D eigenvalue weighted by Gasteiger charge is 2.35. The summed E-state index contributed by atoms with van der Waals surface area (Å²) in [6, 6.07) is 2.28. The van der Waals surface area contributed by atoms with Crippen molar-refractivity contribution in [3.05, 3.63) is 20.8 Å². The quantitative estimate of drug-likeness (QED) is 0.812. The smallest absolute Gasteiger partial charge is 0.0285 e. The highest BCUT2D eigenvalue weighted by molar-refractivity contribution is 9.10. The largest absolute Gasteiger partial charge is 0.330 e. The van der Waals surface area contributed by atoms with Gasteiger partial charge in [0.05, 0.1) is 0 Å². The average Bonchev–Trinajstić information content (AvgIpc) is 2.73. The first-order chi connectivity index (χ1) is 8.90. The van der Waals surface area contributed by atoms with E-state index in [-0.39, 0.29) is 0 Å². The number of thiophene rings is 1. The van der Waals surface area contributed by atoms with Gasteiger partial charge >= 0.3 is 0 Å². The van der Waals surface area contributed by atoms with Gasteiger partial charge < -0.3 is 5.73 Å². The second-order valence-electron chi connectivity index (χ2n) is 7.07. The van der Waals surface area contributed by atoms with Crippen LogP contribution in [0, 0.1) is 23.2 Å². The Morgan fingerprint density at radius 2 is 2.05 bits per heavy atom. The molecule has 2 N–H and O–H groups in total. The zero-order chi connectivity index (χ0) is 14.0. The highest BCUT2D eigenvalue weighted by atomic mass is 79.9. The summed E-state index contributed by atoms with van der Waals surface area (Å²) in [6.45, 7) is 8.02. The molecule has 108 valence electrons. The molecular formula is C16H26BrNS. The fraction of sp³-hybridized carbons (Fsp3) is 0.750. The van der Waals surface area contributed by atoms with Crippen LogP contribution in [0.5, 0.6) is 0 Å². The van der Waals surface area contributed by atoms with Gasteiger partial charge in [-0.3, -0.25) is 0 Å². The van der Waals surface area contributed by atoms with E-state index in [1.54, 1.807) is 0 Å². The van der Waals surface area contributed by atoms with Crippen LogP contribution >= 0.6 is 27.3 Å². The van der Waals surface area contributed by atoms with Gasteiger partial charge in [-0.2, -0.15) is 0 Å². The molecule has 1 heterocycles. The molecule has 1 aliphatic carbocycles. The van der Waals surface area contributed by atoms with Crippen molar-refractivity contribution >= 4 is 27.3 Å². The fourth-order valence-electron chi connectivity index (χ4n) is 3.39. The van der Waals surface area contributed by atoms with Crippen molar-refractivity contribution in [3.63, 3.8) is 0 Å². The van der Waals surface area contributed by atoms with E-state index in [1.165, 1.54) is 35.0 Å². The second-order valence-corrected chi connectivity index (χ2v) is 8.98. The molecule has 0 bridgehead atoms. The summed E-state index contributed by atoms with van der Waals surface area (Å²) < 4.78 is 1.22. The van der Waals surface area contributed by atoms with E-state index < -0.39 is 0 Å². The van der Waals surface area contributed by atoms with Gasteiger partial charge in [-0.25, -0.2) is 0 Å². The zero-order valence-electron chi connectivity index (χ0n) is 12.3. The summed E-state index contributed by atoms with van der Waals surface area (Å²) in [5.74, 6) is 2.34. The molecule has 1 aliphatic rings. The number of hydrogen-bond donors (Lipinski definition) is 1. The Morgan fingerprint density at radius 3 is 2.58 bits per heavy atom. The summed E-state index contributed by atoms with van der Waals surface area (Å²) in [5.41, 5.74) is 6.44. The number of rotatable bonds is 3. The molecule has 1 fully saturated rings. The van der Waals surface area contributed by atoms with E-state index in [4.69, 9.17) is 5.73 Å². The Balaban J connectivity index is 2.05. The van der Waals surface area contributed by atoms with Crippen molar-refractivity contribution in [1.29, 1.82) is 0 Å². The van der Waals surface area contributed by atoms with Crippen molar-refractivity contribution in [2.45, 2.75) is 46.5 Å². The Morgan fingerprint density at radius 1 is 1.32 bits per heavy atom. The molecule has 1 saturated carbocycles. The molecule has 3 atom stereocenters. The van der Waals surface area contributed by atoms with Crippen molar-refractivity contribution in [1.82, 2.24) is 0 Å². The Labute approximate surface area is 130 Å². The third kappa shape index (κ3) is 4.05. The molecule has 0 spiro atoms. The highest BCUT2D eigenvalue weighted by Crippen LogP contribution is 2.44. The van der Waals surface area contributed by atoms with Crippen molar-refractivity contribution in [2.24, 2.45) is 28.9 Å². The van der Waals surface area contributed by atoms with E-state index in [1.807, 2.05) is 11.3 Å².